The third kappa shape index (κ3) is 3.32. The largest absolute Gasteiger partial charge is 0.426 e. The molecule has 0 amide bonds. The molecule has 0 saturated carbocycles. The second-order valence-corrected chi connectivity index (χ2v) is 4.82. The molecule has 0 saturated heterocycles. The molecule has 2 aromatic rings. The number of nitrogen functional groups attached to an aromatic ring is 1. The highest BCUT2D eigenvalue weighted by molar-refractivity contribution is 7.19. The summed E-state index contributed by atoms with van der Waals surface area (Å²) in [7, 11) is 0. The lowest BCUT2D eigenvalue weighted by atomic mass is 10.1. The van der Waals surface area contributed by atoms with Crippen LogP contribution in [0.1, 0.15) is 12.5 Å². The zero-order valence-electron chi connectivity index (χ0n) is 10.3. The molecule has 19 heavy (non-hydrogen) atoms. The summed E-state index contributed by atoms with van der Waals surface area (Å²) in [5.41, 5.74) is 6.90. The van der Waals surface area contributed by atoms with Crippen molar-refractivity contribution < 1.29 is 9.53 Å². The molecule has 0 radical (unpaired) electrons. The van der Waals surface area contributed by atoms with Gasteiger partial charge in [0.1, 0.15) is 10.8 Å². The van der Waals surface area contributed by atoms with Crippen LogP contribution in [0.15, 0.2) is 37.0 Å². The number of hydrogen-bond donors (Lipinski definition) is 2. The van der Waals surface area contributed by atoms with Gasteiger partial charge in [0.25, 0.3) is 0 Å². The first kappa shape index (κ1) is 13.1. The van der Waals surface area contributed by atoms with Crippen LogP contribution in [0.4, 0.5) is 10.1 Å². The second-order valence-electron chi connectivity index (χ2n) is 3.76. The van der Waals surface area contributed by atoms with Gasteiger partial charge in [0.05, 0.1) is 6.20 Å². The Morgan fingerprint density at radius 1 is 1.47 bits per heavy atom. The van der Waals surface area contributed by atoms with Crippen LogP contribution in [0.25, 0.3) is 5.70 Å². The smallest absolute Gasteiger partial charge is 0.308 e. The number of benzene rings is 1. The maximum absolute atomic E-state index is 11.1. The maximum atomic E-state index is 11.1. The number of carbonyl (C=O) groups is 1. The van der Waals surface area contributed by atoms with Crippen LogP contribution in [0, 0.1) is 0 Å². The Morgan fingerprint density at radius 2 is 2.21 bits per heavy atom. The fourth-order valence-electron chi connectivity index (χ4n) is 1.50. The average Bonchev–Trinajstić information content (AvgIpc) is 2.74. The lowest BCUT2D eigenvalue weighted by Gasteiger charge is -2.11. The summed E-state index contributed by atoms with van der Waals surface area (Å²) in [6.07, 6.45) is 1.57. The number of nitrogens with one attached hydrogen (secondary N) is 1. The van der Waals surface area contributed by atoms with Crippen molar-refractivity contribution >= 4 is 33.1 Å². The molecule has 1 aromatic carbocycles. The van der Waals surface area contributed by atoms with Gasteiger partial charge in [-0.2, -0.15) is 0 Å². The minimum atomic E-state index is -0.376. The van der Waals surface area contributed by atoms with E-state index < -0.39 is 0 Å². The molecule has 0 bridgehead atoms. The quantitative estimate of drug-likeness (QED) is 0.662. The monoisotopic (exact) mass is 275 g/mol. The first-order valence-corrected chi connectivity index (χ1v) is 6.33. The number of anilines is 2. The van der Waals surface area contributed by atoms with Gasteiger partial charge in [-0.25, -0.2) is 4.98 Å². The van der Waals surface area contributed by atoms with E-state index in [2.05, 4.69) is 16.9 Å². The van der Waals surface area contributed by atoms with Gasteiger partial charge in [-0.15, -0.1) is 0 Å². The first-order chi connectivity index (χ1) is 9.06. The van der Waals surface area contributed by atoms with E-state index in [1.165, 1.54) is 18.3 Å². The molecule has 0 atom stereocenters. The summed E-state index contributed by atoms with van der Waals surface area (Å²) in [6, 6.07) is 7.15. The van der Waals surface area contributed by atoms with Gasteiger partial charge in [-0.3, -0.25) is 4.79 Å². The Hall–Kier alpha value is -2.34. The van der Waals surface area contributed by atoms with E-state index in [1.54, 1.807) is 18.3 Å². The number of aromatic nitrogens is 1. The molecule has 0 aliphatic heterocycles. The molecule has 0 aliphatic rings. The van der Waals surface area contributed by atoms with Crippen LogP contribution in [-0.4, -0.2) is 11.0 Å². The fraction of sp³-hybridized carbons (Fsp3) is 0.0769. The van der Waals surface area contributed by atoms with E-state index in [0.717, 1.165) is 0 Å². The van der Waals surface area contributed by atoms with Crippen molar-refractivity contribution in [3.8, 4) is 5.75 Å². The Morgan fingerprint density at radius 3 is 2.84 bits per heavy atom. The third-order valence-electron chi connectivity index (χ3n) is 2.25. The van der Waals surface area contributed by atoms with Gasteiger partial charge in [0, 0.05) is 18.2 Å². The number of para-hydroxylation sites is 1. The number of carbonyl (C=O) groups excluding carboxylic acids is 1. The van der Waals surface area contributed by atoms with E-state index in [0.29, 0.717) is 27.1 Å². The number of nitrogens with two attached hydrogens (primary N) is 1. The lowest BCUT2D eigenvalue weighted by molar-refractivity contribution is -0.131. The summed E-state index contributed by atoms with van der Waals surface area (Å²) in [5, 5.41) is 4.29. The van der Waals surface area contributed by atoms with Gasteiger partial charge in [0.2, 0.25) is 0 Å². The van der Waals surface area contributed by atoms with E-state index in [-0.39, 0.29) is 5.97 Å². The van der Waals surface area contributed by atoms with Crippen LogP contribution >= 0.6 is 11.3 Å². The van der Waals surface area contributed by atoms with Gasteiger partial charge in [0.15, 0.2) is 5.13 Å². The summed E-state index contributed by atoms with van der Waals surface area (Å²) < 4.78 is 5.13. The average molecular weight is 275 g/mol. The highest BCUT2D eigenvalue weighted by atomic mass is 32.1. The summed E-state index contributed by atoms with van der Waals surface area (Å²) in [6.45, 7) is 5.28. The summed E-state index contributed by atoms with van der Waals surface area (Å²) >= 11 is 1.32. The molecule has 0 fully saturated rings. The Bertz CT molecular complexity index is 622. The predicted molar refractivity (Wildman–Crippen MR) is 76.9 cm³/mol. The van der Waals surface area contributed by atoms with Crippen molar-refractivity contribution in [2.45, 2.75) is 6.92 Å². The molecule has 2 rings (SSSR count). The zero-order chi connectivity index (χ0) is 13.8. The van der Waals surface area contributed by atoms with Gasteiger partial charge in [-0.1, -0.05) is 30.0 Å². The van der Waals surface area contributed by atoms with Crippen molar-refractivity contribution in [3.63, 3.8) is 0 Å². The Kier molecular flexibility index (Phi) is 3.82. The van der Waals surface area contributed by atoms with Crippen molar-refractivity contribution in [2.24, 2.45) is 0 Å². The lowest BCUT2D eigenvalue weighted by Crippen LogP contribution is -2.05. The topological polar surface area (TPSA) is 77.2 Å². The number of nitrogens with zero attached hydrogens (tertiary/aromatic N) is 1. The molecule has 3 N–H and O–H groups in total. The SMILES string of the molecule is C=C(Nc1ncc(N)s1)c1ccccc1OC(C)=O. The highest BCUT2D eigenvalue weighted by Gasteiger charge is 2.10. The first-order valence-electron chi connectivity index (χ1n) is 5.51. The normalized spacial score (nSPS) is 9.95. The highest BCUT2D eigenvalue weighted by Crippen LogP contribution is 2.28. The molecule has 98 valence electrons. The number of esters is 1. The summed E-state index contributed by atoms with van der Waals surface area (Å²) in [4.78, 5) is 15.1. The summed E-state index contributed by atoms with van der Waals surface area (Å²) in [5.74, 6) is 0.0794. The molecular weight excluding hydrogens is 262 g/mol. The fourth-order valence-corrected chi connectivity index (χ4v) is 2.11. The van der Waals surface area contributed by atoms with Crippen molar-refractivity contribution in [1.82, 2.24) is 4.98 Å². The molecular formula is C13H13N3O2S. The number of ether oxygens (including phenoxy) is 1. The Labute approximate surface area is 114 Å². The van der Waals surface area contributed by atoms with Crippen LogP contribution in [0.3, 0.4) is 0 Å². The second kappa shape index (κ2) is 5.53. The van der Waals surface area contributed by atoms with Crippen molar-refractivity contribution in [1.29, 1.82) is 0 Å². The van der Waals surface area contributed by atoms with Gasteiger partial charge in [-0.05, 0) is 12.1 Å². The zero-order valence-corrected chi connectivity index (χ0v) is 11.2. The molecule has 1 aromatic heterocycles. The number of hydrogen-bond acceptors (Lipinski definition) is 6. The number of rotatable bonds is 4. The van der Waals surface area contributed by atoms with Gasteiger partial charge >= 0.3 is 5.97 Å². The van der Waals surface area contributed by atoms with Crippen LogP contribution in [-0.2, 0) is 4.79 Å². The van der Waals surface area contributed by atoms with E-state index in [4.69, 9.17) is 10.5 Å². The van der Waals surface area contributed by atoms with Crippen LogP contribution < -0.4 is 15.8 Å². The van der Waals surface area contributed by atoms with Gasteiger partial charge < -0.3 is 15.8 Å². The Balaban J connectivity index is 2.21. The predicted octanol–water partition coefficient (Wildman–Crippen LogP) is 2.73. The molecule has 0 aliphatic carbocycles. The third-order valence-corrected chi connectivity index (χ3v) is 2.99. The van der Waals surface area contributed by atoms with E-state index in [9.17, 15) is 4.79 Å². The molecule has 0 spiro atoms. The molecule has 5 nitrogen and oxygen atoms in total. The maximum Gasteiger partial charge on any atom is 0.308 e. The van der Waals surface area contributed by atoms with E-state index >= 15 is 0 Å². The van der Waals surface area contributed by atoms with Crippen LogP contribution in [0.5, 0.6) is 5.75 Å². The standard InChI is InChI=1S/C13H13N3O2S/c1-8(16-13-15-7-12(14)19-13)10-5-3-4-6-11(10)18-9(2)17/h3-7H,1,14H2,2H3,(H,15,16). The number of thiazole rings is 1. The van der Waals surface area contributed by atoms with E-state index in [1.807, 2.05) is 12.1 Å². The molecule has 0 unspecified atom stereocenters. The minimum absolute atomic E-state index is 0.376. The molecule has 1 heterocycles. The van der Waals surface area contributed by atoms with Crippen LogP contribution in [0.2, 0.25) is 0 Å². The van der Waals surface area contributed by atoms with Crippen molar-refractivity contribution in [3.05, 3.63) is 42.6 Å². The van der Waals surface area contributed by atoms with Crippen molar-refractivity contribution in [2.75, 3.05) is 11.1 Å². The minimum Gasteiger partial charge on any atom is -0.426 e. The molecule has 6 heteroatoms.